The largest absolute Gasteiger partial charge is 0.493 e. The summed E-state index contributed by atoms with van der Waals surface area (Å²) in [6.07, 6.45) is 0. The van der Waals surface area contributed by atoms with E-state index in [0.29, 0.717) is 11.5 Å². The van der Waals surface area contributed by atoms with Gasteiger partial charge in [0.15, 0.2) is 18.1 Å². The van der Waals surface area contributed by atoms with E-state index in [1.807, 2.05) is 62.4 Å². The van der Waals surface area contributed by atoms with Crippen molar-refractivity contribution in [2.24, 2.45) is 0 Å². The first-order chi connectivity index (χ1) is 10.6. The fourth-order valence-corrected chi connectivity index (χ4v) is 2.15. The Morgan fingerprint density at radius 3 is 2.55 bits per heavy atom. The number of methoxy groups -OCH3 is 1. The van der Waals surface area contributed by atoms with E-state index in [9.17, 15) is 4.79 Å². The van der Waals surface area contributed by atoms with Crippen LogP contribution in [-0.2, 0) is 4.79 Å². The van der Waals surface area contributed by atoms with Gasteiger partial charge in [0, 0.05) is 0 Å². The lowest BCUT2D eigenvalue weighted by atomic mass is 10.1. The topological polar surface area (TPSA) is 47.6 Å². The summed E-state index contributed by atoms with van der Waals surface area (Å²) in [5, 5.41) is 2.91. The van der Waals surface area contributed by atoms with Gasteiger partial charge in [0.25, 0.3) is 5.91 Å². The van der Waals surface area contributed by atoms with E-state index in [-0.39, 0.29) is 18.6 Å². The van der Waals surface area contributed by atoms with E-state index in [4.69, 9.17) is 9.47 Å². The maximum absolute atomic E-state index is 12.0. The Morgan fingerprint density at radius 2 is 1.86 bits per heavy atom. The molecule has 22 heavy (non-hydrogen) atoms. The van der Waals surface area contributed by atoms with Crippen LogP contribution in [0.2, 0.25) is 0 Å². The molecule has 0 aromatic heterocycles. The third-order valence-electron chi connectivity index (χ3n) is 3.35. The lowest BCUT2D eigenvalue weighted by molar-refractivity contribution is -0.123. The minimum Gasteiger partial charge on any atom is -0.493 e. The molecule has 0 heterocycles. The first-order valence-corrected chi connectivity index (χ1v) is 7.22. The second kappa shape index (κ2) is 7.50. The lowest BCUT2D eigenvalue weighted by Gasteiger charge is -2.15. The average molecular weight is 299 g/mol. The van der Waals surface area contributed by atoms with Gasteiger partial charge in [-0.15, -0.1) is 0 Å². The minimum atomic E-state index is -0.168. The fourth-order valence-electron chi connectivity index (χ4n) is 2.15. The van der Waals surface area contributed by atoms with Crippen LogP contribution in [0.5, 0.6) is 11.5 Å². The summed E-state index contributed by atoms with van der Waals surface area (Å²) in [5.74, 6) is 1.03. The van der Waals surface area contributed by atoms with Crippen LogP contribution in [0.25, 0.3) is 0 Å². The molecule has 1 N–H and O–H groups in total. The molecular formula is C18H21NO3. The minimum absolute atomic E-state index is 0.0450. The van der Waals surface area contributed by atoms with Crippen LogP contribution in [0.4, 0.5) is 0 Å². The molecule has 0 aliphatic heterocycles. The van der Waals surface area contributed by atoms with Crippen molar-refractivity contribution in [1.82, 2.24) is 5.32 Å². The molecule has 4 heteroatoms. The monoisotopic (exact) mass is 299 g/mol. The molecule has 4 nitrogen and oxygen atoms in total. The molecule has 0 radical (unpaired) electrons. The zero-order valence-corrected chi connectivity index (χ0v) is 13.1. The molecule has 2 aromatic rings. The molecule has 2 aromatic carbocycles. The highest BCUT2D eigenvalue weighted by atomic mass is 16.5. The maximum atomic E-state index is 12.0. The average Bonchev–Trinajstić information content (AvgIpc) is 2.54. The SMILES string of the molecule is COc1cc(C)ccc1OCC(=O)NC(C)c1ccccc1. The van der Waals surface area contributed by atoms with Gasteiger partial charge in [0.1, 0.15) is 0 Å². The van der Waals surface area contributed by atoms with Crippen molar-refractivity contribution < 1.29 is 14.3 Å². The Hall–Kier alpha value is -2.49. The van der Waals surface area contributed by atoms with E-state index in [0.717, 1.165) is 11.1 Å². The Labute approximate surface area is 131 Å². The quantitative estimate of drug-likeness (QED) is 0.890. The molecule has 2 rings (SSSR count). The Bertz CT molecular complexity index is 625. The number of amides is 1. The first kappa shape index (κ1) is 15.9. The van der Waals surface area contributed by atoms with E-state index in [2.05, 4.69) is 5.32 Å². The van der Waals surface area contributed by atoms with Gasteiger partial charge in [-0.3, -0.25) is 4.79 Å². The summed E-state index contributed by atoms with van der Waals surface area (Å²) >= 11 is 0. The molecular weight excluding hydrogens is 278 g/mol. The summed E-state index contributed by atoms with van der Waals surface area (Å²) in [7, 11) is 1.58. The number of nitrogens with one attached hydrogen (secondary N) is 1. The zero-order valence-electron chi connectivity index (χ0n) is 13.1. The van der Waals surface area contributed by atoms with Gasteiger partial charge in [-0.05, 0) is 37.1 Å². The van der Waals surface area contributed by atoms with Crippen molar-refractivity contribution in [1.29, 1.82) is 0 Å². The Balaban J connectivity index is 1.90. The second-order valence-electron chi connectivity index (χ2n) is 5.14. The van der Waals surface area contributed by atoms with Crippen LogP contribution in [0.15, 0.2) is 48.5 Å². The number of carbonyl (C=O) groups is 1. The molecule has 0 aliphatic carbocycles. The summed E-state index contributed by atoms with van der Waals surface area (Å²) in [5.41, 5.74) is 2.13. The summed E-state index contributed by atoms with van der Waals surface area (Å²) in [6, 6.07) is 15.4. The third kappa shape index (κ3) is 4.25. The Morgan fingerprint density at radius 1 is 1.14 bits per heavy atom. The molecule has 0 spiro atoms. The normalized spacial score (nSPS) is 11.6. The molecule has 0 aliphatic rings. The van der Waals surface area contributed by atoms with Crippen LogP contribution in [0.1, 0.15) is 24.1 Å². The van der Waals surface area contributed by atoms with Crippen LogP contribution in [0, 0.1) is 6.92 Å². The van der Waals surface area contributed by atoms with Crippen molar-refractivity contribution in [3.63, 3.8) is 0 Å². The number of ether oxygens (including phenoxy) is 2. The number of hydrogen-bond donors (Lipinski definition) is 1. The van der Waals surface area contributed by atoms with Crippen LogP contribution in [0.3, 0.4) is 0 Å². The molecule has 1 atom stereocenters. The molecule has 0 fully saturated rings. The van der Waals surface area contributed by atoms with Gasteiger partial charge >= 0.3 is 0 Å². The number of hydrogen-bond acceptors (Lipinski definition) is 3. The van der Waals surface area contributed by atoms with Crippen LogP contribution >= 0.6 is 0 Å². The van der Waals surface area contributed by atoms with Gasteiger partial charge < -0.3 is 14.8 Å². The number of aryl methyl sites for hydroxylation is 1. The predicted octanol–water partition coefficient (Wildman–Crippen LogP) is 3.26. The molecule has 1 amide bonds. The van der Waals surface area contributed by atoms with Crippen molar-refractivity contribution >= 4 is 5.91 Å². The number of benzene rings is 2. The highest BCUT2D eigenvalue weighted by Crippen LogP contribution is 2.27. The number of carbonyl (C=O) groups excluding carboxylic acids is 1. The summed E-state index contributed by atoms with van der Waals surface area (Å²) in [6.45, 7) is 3.87. The maximum Gasteiger partial charge on any atom is 0.258 e. The highest BCUT2D eigenvalue weighted by Gasteiger charge is 2.11. The van der Waals surface area contributed by atoms with Gasteiger partial charge in [-0.2, -0.15) is 0 Å². The standard InChI is InChI=1S/C18H21NO3/c1-13-9-10-16(17(11-13)21-3)22-12-18(20)19-14(2)15-7-5-4-6-8-15/h4-11,14H,12H2,1-3H3,(H,19,20). The van der Waals surface area contributed by atoms with Gasteiger partial charge in [-0.1, -0.05) is 36.4 Å². The van der Waals surface area contributed by atoms with Crippen LogP contribution < -0.4 is 14.8 Å². The lowest BCUT2D eigenvalue weighted by Crippen LogP contribution is -2.31. The summed E-state index contributed by atoms with van der Waals surface area (Å²) < 4.78 is 10.8. The van der Waals surface area contributed by atoms with E-state index >= 15 is 0 Å². The second-order valence-corrected chi connectivity index (χ2v) is 5.14. The van der Waals surface area contributed by atoms with Gasteiger partial charge in [-0.25, -0.2) is 0 Å². The highest BCUT2D eigenvalue weighted by molar-refractivity contribution is 5.78. The van der Waals surface area contributed by atoms with E-state index < -0.39 is 0 Å². The van der Waals surface area contributed by atoms with Crippen molar-refractivity contribution in [2.45, 2.75) is 19.9 Å². The van der Waals surface area contributed by atoms with Gasteiger partial charge in [0.05, 0.1) is 13.2 Å². The van der Waals surface area contributed by atoms with Crippen LogP contribution in [-0.4, -0.2) is 19.6 Å². The first-order valence-electron chi connectivity index (χ1n) is 7.22. The molecule has 0 saturated heterocycles. The number of rotatable bonds is 6. The Kier molecular flexibility index (Phi) is 5.42. The van der Waals surface area contributed by atoms with Crippen molar-refractivity contribution in [3.8, 4) is 11.5 Å². The predicted molar refractivity (Wildman–Crippen MR) is 86.2 cm³/mol. The molecule has 0 bridgehead atoms. The zero-order chi connectivity index (χ0) is 15.9. The van der Waals surface area contributed by atoms with Gasteiger partial charge in [0.2, 0.25) is 0 Å². The smallest absolute Gasteiger partial charge is 0.258 e. The van der Waals surface area contributed by atoms with E-state index in [1.54, 1.807) is 7.11 Å². The molecule has 1 unspecified atom stereocenters. The fraction of sp³-hybridized carbons (Fsp3) is 0.278. The third-order valence-corrected chi connectivity index (χ3v) is 3.35. The van der Waals surface area contributed by atoms with E-state index in [1.165, 1.54) is 0 Å². The molecule has 116 valence electrons. The van der Waals surface area contributed by atoms with Crippen molar-refractivity contribution in [3.05, 3.63) is 59.7 Å². The van der Waals surface area contributed by atoms with Crippen molar-refractivity contribution in [2.75, 3.05) is 13.7 Å². The summed E-state index contributed by atoms with van der Waals surface area (Å²) in [4.78, 5) is 12.0. The molecule has 0 saturated carbocycles.